The third-order valence-corrected chi connectivity index (χ3v) is 5.67. The highest BCUT2D eigenvalue weighted by Gasteiger charge is 2.46. The highest BCUT2D eigenvalue weighted by atomic mass is 127. The molecule has 0 aliphatic carbocycles. The molecule has 7 heteroatoms. The molecule has 2 atom stereocenters. The minimum Gasteiger partial charge on any atom is -0.503 e. The van der Waals surface area contributed by atoms with Crippen molar-refractivity contribution in [2.75, 3.05) is 0 Å². The van der Waals surface area contributed by atoms with Crippen LogP contribution >= 0.6 is 22.6 Å². The molecule has 3 N–H and O–H groups in total. The lowest BCUT2D eigenvalue weighted by Crippen LogP contribution is -2.49. The molecular formula is C19H25IN2O4. The molecule has 2 unspecified atom stereocenters. The molecule has 0 fully saturated rings. The molecule has 0 saturated carbocycles. The summed E-state index contributed by atoms with van der Waals surface area (Å²) < 4.78 is 0.944. The summed E-state index contributed by atoms with van der Waals surface area (Å²) in [6.45, 7) is 5.82. The van der Waals surface area contributed by atoms with Crippen molar-refractivity contribution in [2.24, 2.45) is 5.92 Å². The largest absolute Gasteiger partial charge is 0.503 e. The van der Waals surface area contributed by atoms with Gasteiger partial charge in [-0.25, -0.2) is 5.48 Å². The third-order valence-electron chi connectivity index (χ3n) is 4.68. The normalized spacial score (nSPS) is 18.6. The summed E-state index contributed by atoms with van der Waals surface area (Å²) in [6, 6.07) is 6.22. The smallest absolute Gasteiger partial charge is 0.290 e. The Morgan fingerprint density at radius 1 is 1.35 bits per heavy atom. The van der Waals surface area contributed by atoms with Crippen LogP contribution in [0.3, 0.4) is 0 Å². The maximum Gasteiger partial charge on any atom is 0.290 e. The molecular weight excluding hydrogens is 447 g/mol. The van der Waals surface area contributed by atoms with Gasteiger partial charge >= 0.3 is 0 Å². The lowest BCUT2D eigenvalue weighted by molar-refractivity contribution is -0.144. The van der Waals surface area contributed by atoms with Crippen LogP contribution in [-0.4, -0.2) is 33.1 Å². The van der Waals surface area contributed by atoms with Gasteiger partial charge in [0.2, 0.25) is 0 Å². The van der Waals surface area contributed by atoms with Gasteiger partial charge in [-0.2, -0.15) is 0 Å². The van der Waals surface area contributed by atoms with E-state index in [2.05, 4.69) is 22.6 Å². The summed E-state index contributed by atoms with van der Waals surface area (Å²) in [5.74, 6) is -1.57. The number of nitrogens with one attached hydrogen (secondary N) is 1. The number of hydroxylamine groups is 1. The van der Waals surface area contributed by atoms with E-state index in [1.807, 2.05) is 45.0 Å². The topological polar surface area (TPSA) is 89.9 Å². The highest BCUT2D eigenvalue weighted by molar-refractivity contribution is 14.1. The first kappa shape index (κ1) is 20.7. The van der Waals surface area contributed by atoms with Gasteiger partial charge in [-0.05, 0) is 46.6 Å². The molecule has 0 bridgehead atoms. The number of rotatable bonds is 7. The summed E-state index contributed by atoms with van der Waals surface area (Å²) in [4.78, 5) is 26.7. The van der Waals surface area contributed by atoms with Crippen LogP contribution < -0.4 is 5.48 Å². The maximum absolute atomic E-state index is 12.9. The number of hydrogen-bond donors (Lipinski definition) is 3. The molecule has 1 aliphatic rings. The second-order valence-corrected chi connectivity index (χ2v) is 7.89. The molecule has 1 heterocycles. The van der Waals surface area contributed by atoms with Crippen molar-refractivity contribution in [2.45, 2.75) is 52.1 Å². The SMILES string of the molecule is CCCCC(C(=O)NO)N1C(=O)C(O)=C(C(C)C)C1c1ccccc1I. The minimum atomic E-state index is -0.855. The van der Waals surface area contributed by atoms with Gasteiger partial charge in [0.05, 0.1) is 6.04 Å². The first-order valence-corrected chi connectivity index (χ1v) is 9.87. The van der Waals surface area contributed by atoms with Gasteiger partial charge in [-0.1, -0.05) is 51.8 Å². The fourth-order valence-corrected chi connectivity index (χ4v) is 4.12. The van der Waals surface area contributed by atoms with Gasteiger partial charge in [0, 0.05) is 9.14 Å². The molecule has 2 rings (SSSR count). The van der Waals surface area contributed by atoms with Gasteiger partial charge in [0.1, 0.15) is 6.04 Å². The van der Waals surface area contributed by atoms with Gasteiger partial charge < -0.3 is 10.0 Å². The van der Waals surface area contributed by atoms with Crippen molar-refractivity contribution < 1.29 is 19.9 Å². The summed E-state index contributed by atoms with van der Waals surface area (Å²) in [5, 5.41) is 19.7. The van der Waals surface area contributed by atoms with Crippen molar-refractivity contribution in [1.29, 1.82) is 0 Å². The van der Waals surface area contributed by atoms with Crippen LogP contribution in [0.5, 0.6) is 0 Å². The van der Waals surface area contributed by atoms with Crippen LogP contribution in [0.15, 0.2) is 35.6 Å². The van der Waals surface area contributed by atoms with E-state index in [0.717, 1.165) is 22.0 Å². The Bertz CT molecular complexity index is 717. The third kappa shape index (κ3) is 3.88. The number of nitrogens with zero attached hydrogens (tertiary/aromatic N) is 1. The van der Waals surface area contributed by atoms with E-state index in [4.69, 9.17) is 0 Å². The Labute approximate surface area is 167 Å². The van der Waals surface area contributed by atoms with Gasteiger partial charge in [-0.15, -0.1) is 0 Å². The monoisotopic (exact) mass is 472 g/mol. The molecule has 1 aromatic rings. The average molecular weight is 472 g/mol. The summed E-state index contributed by atoms with van der Waals surface area (Å²) >= 11 is 2.19. The van der Waals surface area contributed by atoms with E-state index in [1.165, 1.54) is 4.90 Å². The van der Waals surface area contributed by atoms with Crippen molar-refractivity contribution in [1.82, 2.24) is 10.4 Å². The molecule has 0 saturated heterocycles. The predicted molar refractivity (Wildman–Crippen MR) is 106 cm³/mol. The molecule has 142 valence electrons. The molecule has 0 spiro atoms. The summed E-state index contributed by atoms with van der Waals surface area (Å²) in [7, 11) is 0. The second-order valence-electron chi connectivity index (χ2n) is 6.73. The number of benzene rings is 1. The first-order chi connectivity index (χ1) is 12.3. The van der Waals surface area contributed by atoms with E-state index >= 15 is 0 Å². The fraction of sp³-hybridized carbons (Fsp3) is 0.474. The van der Waals surface area contributed by atoms with Crippen molar-refractivity contribution in [3.05, 3.63) is 44.7 Å². The molecule has 2 amide bonds. The van der Waals surface area contributed by atoms with Crippen molar-refractivity contribution >= 4 is 34.4 Å². The van der Waals surface area contributed by atoms with E-state index in [-0.39, 0.29) is 11.7 Å². The minimum absolute atomic E-state index is 0.0750. The summed E-state index contributed by atoms with van der Waals surface area (Å²) in [5.41, 5.74) is 3.15. The zero-order valence-electron chi connectivity index (χ0n) is 15.2. The molecule has 1 aromatic carbocycles. The fourth-order valence-electron chi connectivity index (χ4n) is 3.44. The van der Waals surface area contributed by atoms with Crippen LogP contribution in [-0.2, 0) is 9.59 Å². The van der Waals surface area contributed by atoms with Crippen molar-refractivity contribution in [3.63, 3.8) is 0 Å². The number of carbonyl (C=O) groups is 2. The summed E-state index contributed by atoms with van der Waals surface area (Å²) in [6.07, 6.45) is 1.98. The molecule has 26 heavy (non-hydrogen) atoms. The number of aliphatic hydroxyl groups is 1. The lowest BCUT2D eigenvalue weighted by atomic mass is 9.90. The second kappa shape index (κ2) is 8.85. The van der Waals surface area contributed by atoms with Crippen LogP contribution in [0.1, 0.15) is 51.6 Å². The van der Waals surface area contributed by atoms with E-state index in [0.29, 0.717) is 12.0 Å². The van der Waals surface area contributed by atoms with E-state index in [1.54, 1.807) is 5.48 Å². The zero-order valence-corrected chi connectivity index (χ0v) is 17.4. The van der Waals surface area contributed by atoms with Crippen LogP contribution in [0, 0.1) is 9.49 Å². The van der Waals surface area contributed by atoms with Gasteiger partial charge in [-0.3, -0.25) is 14.8 Å². The number of hydrogen-bond acceptors (Lipinski definition) is 4. The predicted octanol–water partition coefficient (Wildman–Crippen LogP) is 3.71. The zero-order chi connectivity index (χ0) is 19.4. The number of carbonyl (C=O) groups excluding carboxylic acids is 2. The maximum atomic E-state index is 12.9. The Kier molecular flexibility index (Phi) is 7.05. The van der Waals surface area contributed by atoms with Gasteiger partial charge in [0.15, 0.2) is 5.76 Å². The molecule has 0 radical (unpaired) electrons. The molecule has 0 aromatic heterocycles. The quantitative estimate of drug-likeness (QED) is 0.321. The number of aliphatic hydroxyl groups excluding tert-OH is 1. The van der Waals surface area contributed by atoms with Crippen LogP contribution in [0.25, 0.3) is 0 Å². The average Bonchev–Trinajstić information content (AvgIpc) is 2.87. The Morgan fingerprint density at radius 3 is 2.54 bits per heavy atom. The highest BCUT2D eigenvalue weighted by Crippen LogP contribution is 2.44. The van der Waals surface area contributed by atoms with E-state index < -0.39 is 23.9 Å². The molecule has 6 nitrogen and oxygen atoms in total. The molecule has 1 aliphatic heterocycles. The van der Waals surface area contributed by atoms with E-state index in [9.17, 15) is 19.9 Å². The Balaban J connectivity index is 2.60. The lowest BCUT2D eigenvalue weighted by Gasteiger charge is -2.34. The Morgan fingerprint density at radius 2 is 2.00 bits per heavy atom. The van der Waals surface area contributed by atoms with Crippen LogP contribution in [0.4, 0.5) is 0 Å². The van der Waals surface area contributed by atoms with Gasteiger partial charge in [0.25, 0.3) is 11.8 Å². The van der Waals surface area contributed by atoms with Crippen LogP contribution in [0.2, 0.25) is 0 Å². The Hall–Kier alpha value is -1.61. The number of amides is 2. The first-order valence-electron chi connectivity index (χ1n) is 8.79. The standard InChI is InChI=1S/C19H25IN2O4/c1-4-5-10-14(18(24)21-26)22-16(12-8-6-7-9-13(12)20)15(11(2)3)17(23)19(22)25/h6-9,11,14,16,23,26H,4-5,10H2,1-3H3,(H,21,24). The van der Waals surface area contributed by atoms with Crippen molar-refractivity contribution in [3.8, 4) is 0 Å². The number of halogens is 1. The number of unbranched alkanes of at least 4 members (excludes halogenated alkanes) is 1.